The molecule has 0 saturated carbocycles. The Balaban J connectivity index is 1.84. The average Bonchev–Trinajstić information content (AvgIpc) is 3.04. The Hall–Kier alpha value is -2.71. The van der Waals surface area contributed by atoms with Gasteiger partial charge in [-0.05, 0) is 54.3 Å². The Morgan fingerprint density at radius 1 is 1.24 bits per heavy atom. The summed E-state index contributed by atoms with van der Waals surface area (Å²) in [6.07, 6.45) is 5.45. The largest absolute Gasteiger partial charge is 0.496 e. The Bertz CT molecular complexity index is 1230. The van der Waals surface area contributed by atoms with Crippen LogP contribution in [0.25, 0.3) is 27.7 Å². The molecule has 1 aromatic carbocycles. The molecule has 0 fully saturated rings. The van der Waals surface area contributed by atoms with Crippen molar-refractivity contribution < 1.29 is 17.5 Å². The molecule has 0 bridgehead atoms. The molecule has 0 radical (unpaired) electrons. The van der Waals surface area contributed by atoms with E-state index < -0.39 is 10.0 Å². The molecule has 1 aliphatic heterocycles. The molecule has 3 aromatic rings. The van der Waals surface area contributed by atoms with E-state index in [4.69, 9.17) is 4.74 Å². The van der Waals surface area contributed by atoms with Crippen molar-refractivity contribution in [1.29, 1.82) is 0 Å². The highest BCUT2D eigenvalue weighted by molar-refractivity contribution is 7.88. The highest BCUT2D eigenvalue weighted by Gasteiger charge is 2.23. The minimum absolute atomic E-state index is 0.338. The first kappa shape index (κ1) is 19.6. The number of H-pyrrole nitrogens is 1. The molecule has 4 rings (SSSR count). The monoisotopic (exact) mass is 415 g/mol. The molecule has 29 heavy (non-hydrogen) atoms. The maximum Gasteiger partial charge on any atom is 0.211 e. The number of sulfonamides is 1. The van der Waals surface area contributed by atoms with Gasteiger partial charge in [-0.25, -0.2) is 17.8 Å². The van der Waals surface area contributed by atoms with Crippen LogP contribution in [0.3, 0.4) is 0 Å². The van der Waals surface area contributed by atoms with Crippen molar-refractivity contribution in [2.75, 3.05) is 26.5 Å². The van der Waals surface area contributed by atoms with Crippen LogP contribution in [0.5, 0.6) is 5.75 Å². The zero-order valence-electron chi connectivity index (χ0n) is 16.5. The van der Waals surface area contributed by atoms with Gasteiger partial charge in [0.15, 0.2) is 0 Å². The summed E-state index contributed by atoms with van der Waals surface area (Å²) in [5.41, 5.74) is 5.18. The van der Waals surface area contributed by atoms with E-state index in [1.54, 1.807) is 19.4 Å². The SMILES string of the molecule is COc1ccc(F)cc1-c1ccnc2[nH]c(C3=CCN(S(C)(=O)=O)CC3)c(C)c12. The van der Waals surface area contributed by atoms with E-state index in [0.29, 0.717) is 36.5 Å². The fourth-order valence-corrected chi connectivity index (χ4v) is 4.66. The van der Waals surface area contributed by atoms with Gasteiger partial charge in [0.1, 0.15) is 17.2 Å². The van der Waals surface area contributed by atoms with Crippen molar-refractivity contribution in [1.82, 2.24) is 14.3 Å². The van der Waals surface area contributed by atoms with E-state index in [-0.39, 0.29) is 5.82 Å². The van der Waals surface area contributed by atoms with Gasteiger partial charge in [-0.2, -0.15) is 4.31 Å². The van der Waals surface area contributed by atoms with Crippen LogP contribution in [0.15, 0.2) is 36.5 Å². The van der Waals surface area contributed by atoms with Crippen molar-refractivity contribution >= 4 is 26.6 Å². The van der Waals surface area contributed by atoms with E-state index in [2.05, 4.69) is 9.97 Å². The lowest BCUT2D eigenvalue weighted by molar-refractivity contribution is 0.415. The minimum Gasteiger partial charge on any atom is -0.496 e. The molecule has 0 atom stereocenters. The molecule has 0 spiro atoms. The van der Waals surface area contributed by atoms with Crippen LogP contribution < -0.4 is 4.74 Å². The molecule has 0 saturated heterocycles. The second-order valence-corrected chi connectivity index (χ2v) is 9.13. The quantitative estimate of drug-likeness (QED) is 0.705. The predicted molar refractivity (Wildman–Crippen MR) is 112 cm³/mol. The number of fused-ring (bicyclic) bond motifs is 1. The van der Waals surface area contributed by atoms with Crippen LogP contribution in [0, 0.1) is 12.7 Å². The van der Waals surface area contributed by atoms with Crippen LogP contribution in [-0.2, 0) is 10.0 Å². The van der Waals surface area contributed by atoms with Gasteiger partial charge < -0.3 is 9.72 Å². The zero-order valence-corrected chi connectivity index (χ0v) is 17.3. The number of methoxy groups -OCH3 is 1. The first-order valence-electron chi connectivity index (χ1n) is 9.25. The third-order valence-electron chi connectivity index (χ3n) is 5.36. The number of nitrogens with one attached hydrogen (secondary N) is 1. The van der Waals surface area contributed by atoms with Gasteiger partial charge in [-0.3, -0.25) is 0 Å². The summed E-state index contributed by atoms with van der Waals surface area (Å²) in [5, 5.41) is 0.901. The number of benzene rings is 1. The fraction of sp³-hybridized carbons (Fsp3) is 0.286. The summed E-state index contributed by atoms with van der Waals surface area (Å²) in [6.45, 7) is 2.79. The lowest BCUT2D eigenvalue weighted by atomic mass is 9.97. The van der Waals surface area contributed by atoms with E-state index in [0.717, 1.165) is 27.8 Å². The van der Waals surface area contributed by atoms with Crippen molar-refractivity contribution in [2.24, 2.45) is 0 Å². The first-order chi connectivity index (χ1) is 13.8. The van der Waals surface area contributed by atoms with E-state index in [9.17, 15) is 12.8 Å². The average molecular weight is 415 g/mol. The lowest BCUT2D eigenvalue weighted by Crippen LogP contribution is -2.33. The number of aromatic amines is 1. The summed E-state index contributed by atoms with van der Waals surface area (Å²) in [6, 6.07) is 6.30. The number of ether oxygens (including phenoxy) is 1. The summed E-state index contributed by atoms with van der Waals surface area (Å²) in [7, 11) is -1.64. The standard InChI is InChI=1S/C21H22FN3O3S/c1-13-19-16(17-12-15(22)4-5-18(17)28-2)6-9-23-21(19)24-20(13)14-7-10-25(11-8-14)29(3,26)27/h4-7,9,12H,8,10-11H2,1-3H3,(H,23,24). The molecular weight excluding hydrogens is 393 g/mol. The highest BCUT2D eigenvalue weighted by atomic mass is 32.2. The van der Waals surface area contributed by atoms with E-state index in [1.807, 2.05) is 19.1 Å². The normalized spacial score (nSPS) is 15.5. The molecular formula is C21H22FN3O3S. The van der Waals surface area contributed by atoms with Crippen molar-refractivity contribution in [3.05, 3.63) is 53.6 Å². The number of aromatic nitrogens is 2. The molecule has 0 unspecified atom stereocenters. The van der Waals surface area contributed by atoms with Crippen molar-refractivity contribution in [3.8, 4) is 16.9 Å². The topological polar surface area (TPSA) is 75.3 Å². The molecule has 1 N–H and O–H groups in total. The maximum absolute atomic E-state index is 14.0. The molecule has 0 aliphatic carbocycles. The zero-order chi connectivity index (χ0) is 20.8. The van der Waals surface area contributed by atoms with Gasteiger partial charge in [-0.1, -0.05) is 6.08 Å². The summed E-state index contributed by atoms with van der Waals surface area (Å²) in [5.74, 6) is 0.247. The van der Waals surface area contributed by atoms with Crippen LogP contribution in [0.4, 0.5) is 4.39 Å². The predicted octanol–water partition coefficient (Wildman–Crippen LogP) is 3.73. The minimum atomic E-state index is -3.20. The van der Waals surface area contributed by atoms with Gasteiger partial charge in [0, 0.05) is 35.9 Å². The van der Waals surface area contributed by atoms with Gasteiger partial charge in [0.2, 0.25) is 10.0 Å². The molecule has 3 heterocycles. The van der Waals surface area contributed by atoms with E-state index >= 15 is 0 Å². The number of aryl methyl sites for hydroxylation is 1. The van der Waals surface area contributed by atoms with E-state index in [1.165, 1.54) is 22.7 Å². The first-order valence-corrected chi connectivity index (χ1v) is 11.1. The number of hydrogen-bond donors (Lipinski definition) is 1. The van der Waals surface area contributed by atoms with Crippen molar-refractivity contribution in [3.63, 3.8) is 0 Å². The van der Waals surface area contributed by atoms with Crippen LogP contribution in [-0.4, -0.2) is 49.1 Å². The Morgan fingerprint density at radius 3 is 2.69 bits per heavy atom. The smallest absolute Gasteiger partial charge is 0.211 e. The second-order valence-electron chi connectivity index (χ2n) is 7.15. The summed E-state index contributed by atoms with van der Waals surface area (Å²) < 4.78 is 44.4. The third-order valence-corrected chi connectivity index (χ3v) is 6.63. The van der Waals surface area contributed by atoms with Gasteiger partial charge >= 0.3 is 0 Å². The second kappa shape index (κ2) is 7.27. The fourth-order valence-electron chi connectivity index (χ4n) is 3.89. The molecule has 0 amide bonds. The lowest BCUT2D eigenvalue weighted by Gasteiger charge is -2.24. The van der Waals surface area contributed by atoms with Crippen molar-refractivity contribution in [2.45, 2.75) is 13.3 Å². The molecule has 2 aromatic heterocycles. The molecule has 6 nitrogen and oxygen atoms in total. The van der Waals surface area contributed by atoms with Crippen LogP contribution in [0.1, 0.15) is 17.7 Å². The van der Waals surface area contributed by atoms with Gasteiger partial charge in [0.25, 0.3) is 0 Å². The Labute approximate surface area is 169 Å². The molecule has 152 valence electrons. The van der Waals surface area contributed by atoms with Gasteiger partial charge in [0.05, 0.1) is 13.4 Å². The Morgan fingerprint density at radius 2 is 2.03 bits per heavy atom. The third kappa shape index (κ3) is 3.54. The maximum atomic E-state index is 14.0. The number of nitrogens with zero attached hydrogens (tertiary/aromatic N) is 2. The van der Waals surface area contributed by atoms with Crippen LogP contribution >= 0.6 is 0 Å². The number of pyridine rings is 1. The highest BCUT2D eigenvalue weighted by Crippen LogP contribution is 2.39. The number of hydrogen-bond acceptors (Lipinski definition) is 4. The Kier molecular flexibility index (Phi) is 4.92. The summed E-state index contributed by atoms with van der Waals surface area (Å²) >= 11 is 0. The van der Waals surface area contributed by atoms with Crippen LogP contribution in [0.2, 0.25) is 0 Å². The van der Waals surface area contributed by atoms with Gasteiger partial charge in [-0.15, -0.1) is 0 Å². The molecule has 1 aliphatic rings. The number of halogens is 1. The molecule has 8 heteroatoms. The number of rotatable bonds is 4. The summed E-state index contributed by atoms with van der Waals surface area (Å²) in [4.78, 5) is 7.82.